The molecule has 0 amide bonds. The molecule has 124 valence electrons. The molecule has 0 unspecified atom stereocenters. The van der Waals surface area contributed by atoms with E-state index in [1.54, 1.807) is 18.2 Å². The van der Waals surface area contributed by atoms with Crippen molar-refractivity contribution in [3.05, 3.63) is 111 Å². The van der Waals surface area contributed by atoms with E-state index >= 15 is 0 Å². The Morgan fingerprint density at radius 3 is 2.08 bits per heavy atom. The van der Waals surface area contributed by atoms with Crippen molar-refractivity contribution in [2.75, 3.05) is 0 Å². The van der Waals surface area contributed by atoms with Gasteiger partial charge in [0.25, 0.3) is 0 Å². The van der Waals surface area contributed by atoms with Gasteiger partial charge >= 0.3 is 0 Å². The fourth-order valence-electron chi connectivity index (χ4n) is 2.44. The van der Waals surface area contributed by atoms with E-state index in [-0.39, 0.29) is 11.5 Å². The standard InChI is InChI=1S/C21H16NO3/c23-21(15-6-16-4-2-1-3-5-16)19-9-7-17(8-10-19)18-11-13-20(14-12-18)22(24)25/h1-15H,(H-,23,24,25)/q-1. The third kappa shape index (κ3) is 4.06. The quantitative estimate of drug-likeness (QED) is 0.680. The van der Waals surface area contributed by atoms with Gasteiger partial charge in [0.1, 0.15) is 5.76 Å². The molecule has 0 spiro atoms. The molecule has 3 rings (SSSR count). The van der Waals surface area contributed by atoms with Gasteiger partial charge in [-0.1, -0.05) is 60.7 Å². The predicted molar refractivity (Wildman–Crippen MR) is 101 cm³/mol. The van der Waals surface area contributed by atoms with Crippen LogP contribution in [-0.2, 0) is 0 Å². The molecule has 0 saturated heterocycles. The number of nitrogens with zero attached hydrogens (tertiary/aromatic N) is 1. The second-order valence-corrected chi connectivity index (χ2v) is 5.51. The van der Waals surface area contributed by atoms with Crippen molar-refractivity contribution in [2.24, 2.45) is 0 Å². The van der Waals surface area contributed by atoms with Gasteiger partial charge in [-0.2, -0.15) is 4.90 Å². The van der Waals surface area contributed by atoms with E-state index < -0.39 is 4.90 Å². The van der Waals surface area contributed by atoms with Crippen LogP contribution in [0.3, 0.4) is 0 Å². The first-order valence-corrected chi connectivity index (χ1v) is 7.78. The van der Waals surface area contributed by atoms with Crippen LogP contribution in [0.25, 0.3) is 17.4 Å². The van der Waals surface area contributed by atoms with Crippen molar-refractivity contribution >= 4 is 23.1 Å². The highest BCUT2D eigenvalue weighted by molar-refractivity contribution is 6.05. The van der Waals surface area contributed by atoms with Gasteiger partial charge in [0, 0.05) is 17.4 Å². The maximum Gasteiger partial charge on any atom is 0.222 e. The molecule has 0 atom stereocenters. The molecule has 0 saturated carbocycles. The Morgan fingerprint density at radius 1 is 0.840 bits per heavy atom. The molecule has 0 heterocycles. The van der Waals surface area contributed by atoms with Crippen LogP contribution in [0.15, 0.2) is 85.0 Å². The van der Waals surface area contributed by atoms with Gasteiger partial charge in [-0.15, -0.1) is 0 Å². The van der Waals surface area contributed by atoms with Crippen molar-refractivity contribution in [3.8, 4) is 0 Å². The van der Waals surface area contributed by atoms with Crippen molar-refractivity contribution in [1.82, 2.24) is 0 Å². The van der Waals surface area contributed by atoms with Gasteiger partial charge in [-0.05, 0) is 34.6 Å². The Hall–Kier alpha value is -3.53. The average molecular weight is 330 g/mol. The summed E-state index contributed by atoms with van der Waals surface area (Å²) in [4.78, 5) is -0.418. The van der Waals surface area contributed by atoms with Gasteiger partial charge in [0.15, 0.2) is 0 Å². The maximum absolute atomic E-state index is 10.7. The Bertz CT molecular complexity index is 967. The van der Waals surface area contributed by atoms with Crippen molar-refractivity contribution < 1.29 is 10.0 Å². The van der Waals surface area contributed by atoms with Crippen LogP contribution in [0, 0.1) is 10.4 Å². The summed E-state index contributed by atoms with van der Waals surface area (Å²) in [7, 11) is 0. The summed E-state index contributed by atoms with van der Waals surface area (Å²) in [6, 6.07) is 17.1. The van der Waals surface area contributed by atoms with E-state index in [0.29, 0.717) is 5.22 Å². The van der Waals surface area contributed by atoms with Crippen LogP contribution in [0.5, 0.6) is 0 Å². The Morgan fingerprint density at radius 2 is 1.48 bits per heavy atom. The molecule has 0 radical (unpaired) electrons. The van der Waals surface area contributed by atoms with E-state index in [1.165, 1.54) is 12.2 Å². The largest absolute Gasteiger partial charge is 0.612 e. The highest BCUT2D eigenvalue weighted by Crippen LogP contribution is 2.06. The van der Waals surface area contributed by atoms with Crippen LogP contribution in [0.1, 0.15) is 5.56 Å². The third-order valence-electron chi connectivity index (χ3n) is 3.83. The minimum absolute atomic E-state index is 0.0670. The molecule has 0 bridgehead atoms. The fraction of sp³-hybridized carbons (Fsp3) is 0. The average Bonchev–Trinajstić information content (AvgIpc) is 2.67. The SMILES string of the molecule is [O-][N+]([O-])=C1C=CC(=c2ccc(=C(O)C=Cc3ccccc3)cc2)C=C1. The zero-order valence-corrected chi connectivity index (χ0v) is 13.4. The molecule has 2 aromatic rings. The predicted octanol–water partition coefficient (Wildman–Crippen LogP) is 2.79. The first-order chi connectivity index (χ1) is 12.1. The normalized spacial score (nSPS) is 13.4. The summed E-state index contributed by atoms with van der Waals surface area (Å²) in [5, 5.41) is 33.2. The molecule has 0 aliphatic heterocycles. The topological polar surface area (TPSA) is 69.4 Å². The lowest BCUT2D eigenvalue weighted by Crippen LogP contribution is -2.13. The molecule has 1 aliphatic rings. The monoisotopic (exact) mass is 330 g/mol. The number of aliphatic hydroxyl groups excluding tert-OH is 1. The molecule has 0 aromatic heterocycles. The molecule has 2 aromatic carbocycles. The molecule has 0 fully saturated rings. The second kappa shape index (κ2) is 7.36. The van der Waals surface area contributed by atoms with Crippen LogP contribution >= 0.6 is 0 Å². The highest BCUT2D eigenvalue weighted by Gasteiger charge is 2.03. The van der Waals surface area contributed by atoms with E-state index in [2.05, 4.69) is 0 Å². The summed E-state index contributed by atoms with van der Waals surface area (Å²) in [5.74, 6) is 0.180. The highest BCUT2D eigenvalue weighted by atomic mass is 16.8. The molecule has 25 heavy (non-hydrogen) atoms. The van der Waals surface area contributed by atoms with E-state index in [4.69, 9.17) is 0 Å². The van der Waals surface area contributed by atoms with Crippen LogP contribution in [0.2, 0.25) is 0 Å². The van der Waals surface area contributed by atoms with E-state index in [9.17, 15) is 15.5 Å². The van der Waals surface area contributed by atoms with Crippen molar-refractivity contribution in [3.63, 3.8) is 0 Å². The Balaban J connectivity index is 1.89. The molecule has 1 aliphatic carbocycles. The first kappa shape index (κ1) is 16.3. The number of hydrogen-bond acceptors (Lipinski definition) is 3. The molecular formula is C21H16NO3-. The number of aliphatic hydroxyl groups is 1. The summed E-state index contributed by atoms with van der Waals surface area (Å²) in [6.45, 7) is 0. The first-order valence-electron chi connectivity index (χ1n) is 7.78. The third-order valence-corrected chi connectivity index (χ3v) is 3.83. The van der Waals surface area contributed by atoms with Crippen LogP contribution < -0.4 is 10.4 Å². The summed E-state index contributed by atoms with van der Waals surface area (Å²) >= 11 is 0. The molecule has 4 nitrogen and oxygen atoms in total. The van der Waals surface area contributed by atoms with Gasteiger partial charge in [-0.25, -0.2) is 0 Å². The lowest BCUT2D eigenvalue weighted by molar-refractivity contribution is -0.377. The van der Waals surface area contributed by atoms with Crippen LogP contribution in [0.4, 0.5) is 0 Å². The zero-order valence-electron chi connectivity index (χ0n) is 13.4. The molecule has 1 N–H and O–H groups in total. The maximum atomic E-state index is 10.7. The van der Waals surface area contributed by atoms with Crippen molar-refractivity contribution in [2.45, 2.75) is 0 Å². The van der Waals surface area contributed by atoms with E-state index in [1.807, 2.05) is 60.7 Å². The smallest absolute Gasteiger partial charge is 0.222 e. The van der Waals surface area contributed by atoms with E-state index in [0.717, 1.165) is 16.4 Å². The van der Waals surface area contributed by atoms with Gasteiger partial charge in [0.05, 0.1) is 0 Å². The molecule has 4 heteroatoms. The fourth-order valence-corrected chi connectivity index (χ4v) is 2.44. The number of rotatable bonds is 2. The van der Waals surface area contributed by atoms with Crippen LogP contribution in [-0.4, -0.2) is 15.7 Å². The minimum Gasteiger partial charge on any atom is -0.612 e. The number of hydrogen-bond donors (Lipinski definition) is 1. The van der Waals surface area contributed by atoms with Crippen molar-refractivity contribution in [1.29, 1.82) is 0 Å². The van der Waals surface area contributed by atoms with Gasteiger partial charge < -0.3 is 15.5 Å². The number of allylic oxidation sites excluding steroid dienone is 4. The molecular weight excluding hydrogens is 314 g/mol. The Kier molecular flexibility index (Phi) is 4.81. The minimum atomic E-state index is -0.418. The zero-order chi connectivity index (χ0) is 17.6. The summed E-state index contributed by atoms with van der Waals surface area (Å²) < 4.78 is 0. The summed E-state index contributed by atoms with van der Waals surface area (Å²) in [5.41, 5.74) is 1.96. The summed E-state index contributed by atoms with van der Waals surface area (Å²) in [6.07, 6.45) is 9.90. The van der Waals surface area contributed by atoms with Gasteiger partial charge in [0.2, 0.25) is 5.71 Å². The van der Waals surface area contributed by atoms with Gasteiger partial charge in [-0.3, -0.25) is 0 Å². The lowest BCUT2D eigenvalue weighted by atomic mass is 10.1. The number of benzene rings is 2. The Labute approximate surface area is 145 Å². The second-order valence-electron chi connectivity index (χ2n) is 5.51. The lowest BCUT2D eigenvalue weighted by Gasteiger charge is -2.08.